The van der Waals surface area contributed by atoms with Gasteiger partial charge in [0.25, 0.3) is 0 Å². The van der Waals surface area contributed by atoms with Gasteiger partial charge < -0.3 is 10.5 Å². The highest BCUT2D eigenvalue weighted by molar-refractivity contribution is 7.09. The zero-order chi connectivity index (χ0) is 14.4. The fraction of sp³-hybridized carbons (Fsp3) is 0.438. The minimum absolute atomic E-state index is 0.00156. The lowest BCUT2D eigenvalue weighted by molar-refractivity contribution is 0.0946. The number of nitrogens with two attached hydrogens (primary N) is 1. The molecule has 1 aromatic carbocycles. The largest absolute Gasteiger partial charge is 0.374 e. The van der Waals surface area contributed by atoms with Gasteiger partial charge in [0, 0.05) is 25.0 Å². The maximum Gasteiger partial charge on any atom is 0.122 e. The number of rotatable bonds is 7. The van der Waals surface area contributed by atoms with E-state index in [-0.39, 0.29) is 12.1 Å². The molecule has 2 unspecified atom stereocenters. The summed E-state index contributed by atoms with van der Waals surface area (Å²) >= 11 is 1.67. The minimum atomic E-state index is -0.00156. The normalized spacial score (nSPS) is 14.2. The first-order chi connectivity index (χ1) is 9.74. The highest BCUT2D eigenvalue weighted by Gasteiger charge is 2.15. The van der Waals surface area contributed by atoms with Gasteiger partial charge in [-0.1, -0.05) is 43.7 Å². The van der Waals surface area contributed by atoms with Crippen LogP contribution in [0, 0.1) is 0 Å². The summed E-state index contributed by atoms with van der Waals surface area (Å²) in [7, 11) is 1.75. The summed E-state index contributed by atoms with van der Waals surface area (Å²) in [5, 5.41) is 3.16. The predicted octanol–water partition coefficient (Wildman–Crippen LogP) is 3.87. The Labute approximate surface area is 124 Å². The van der Waals surface area contributed by atoms with E-state index in [9.17, 15) is 0 Å². The summed E-state index contributed by atoms with van der Waals surface area (Å²) in [6, 6.07) is 10.2. The van der Waals surface area contributed by atoms with Crippen molar-refractivity contribution in [3.05, 3.63) is 52.0 Å². The van der Waals surface area contributed by atoms with Gasteiger partial charge in [-0.05, 0) is 12.0 Å². The van der Waals surface area contributed by atoms with Crippen molar-refractivity contribution in [2.45, 2.75) is 38.3 Å². The van der Waals surface area contributed by atoms with Crippen LogP contribution in [0.1, 0.15) is 48.2 Å². The van der Waals surface area contributed by atoms with Gasteiger partial charge in [-0.3, -0.25) is 0 Å². The molecule has 20 heavy (non-hydrogen) atoms. The van der Waals surface area contributed by atoms with Crippen molar-refractivity contribution in [1.82, 2.24) is 4.98 Å². The number of hydrogen-bond donors (Lipinski definition) is 1. The van der Waals surface area contributed by atoms with Crippen LogP contribution in [0.15, 0.2) is 35.7 Å². The summed E-state index contributed by atoms with van der Waals surface area (Å²) in [5.74, 6) is 0. The Morgan fingerprint density at radius 3 is 2.70 bits per heavy atom. The van der Waals surface area contributed by atoms with Crippen molar-refractivity contribution >= 4 is 11.3 Å². The summed E-state index contributed by atoms with van der Waals surface area (Å²) in [4.78, 5) is 4.68. The molecule has 2 atom stereocenters. The fourth-order valence-corrected chi connectivity index (χ4v) is 3.15. The Balaban J connectivity index is 2.02. The molecule has 0 bridgehead atoms. The van der Waals surface area contributed by atoms with Crippen LogP contribution in [0.2, 0.25) is 0 Å². The Morgan fingerprint density at radius 1 is 1.30 bits per heavy atom. The monoisotopic (exact) mass is 290 g/mol. The molecule has 4 heteroatoms. The molecule has 0 aliphatic heterocycles. The van der Waals surface area contributed by atoms with Crippen LogP contribution in [-0.2, 0) is 11.2 Å². The topological polar surface area (TPSA) is 48.1 Å². The number of benzene rings is 1. The highest BCUT2D eigenvalue weighted by Crippen LogP contribution is 2.26. The van der Waals surface area contributed by atoms with Crippen LogP contribution in [0.3, 0.4) is 0 Å². The molecule has 2 rings (SSSR count). The van der Waals surface area contributed by atoms with Gasteiger partial charge in [-0.15, -0.1) is 11.3 Å². The number of ether oxygens (including phenoxy) is 1. The van der Waals surface area contributed by atoms with E-state index in [4.69, 9.17) is 10.5 Å². The van der Waals surface area contributed by atoms with Crippen LogP contribution in [0.25, 0.3) is 0 Å². The quantitative estimate of drug-likeness (QED) is 0.842. The molecule has 0 amide bonds. The van der Waals surface area contributed by atoms with E-state index in [0.29, 0.717) is 0 Å². The maximum absolute atomic E-state index is 6.24. The Hall–Kier alpha value is -1.23. The second-order valence-electron chi connectivity index (χ2n) is 4.91. The Bertz CT molecular complexity index is 512. The second kappa shape index (κ2) is 7.53. The molecule has 0 fully saturated rings. The first-order valence-corrected chi connectivity index (χ1v) is 7.90. The van der Waals surface area contributed by atoms with Crippen molar-refractivity contribution in [2.24, 2.45) is 5.73 Å². The zero-order valence-electron chi connectivity index (χ0n) is 12.1. The van der Waals surface area contributed by atoms with Crippen molar-refractivity contribution < 1.29 is 4.74 Å². The molecule has 0 saturated heterocycles. The Morgan fingerprint density at radius 2 is 2.05 bits per heavy atom. The third kappa shape index (κ3) is 3.88. The van der Waals surface area contributed by atoms with Gasteiger partial charge in [-0.2, -0.15) is 0 Å². The predicted molar refractivity (Wildman–Crippen MR) is 83.8 cm³/mol. The molecule has 0 aliphatic carbocycles. The van der Waals surface area contributed by atoms with E-state index in [1.54, 1.807) is 18.4 Å². The van der Waals surface area contributed by atoms with Gasteiger partial charge in [0.05, 0.1) is 5.69 Å². The average Bonchev–Trinajstić information content (AvgIpc) is 2.94. The minimum Gasteiger partial charge on any atom is -0.374 e. The number of hydrogen-bond acceptors (Lipinski definition) is 4. The number of nitrogens with zero attached hydrogens (tertiary/aromatic N) is 1. The zero-order valence-corrected chi connectivity index (χ0v) is 12.9. The van der Waals surface area contributed by atoms with E-state index >= 15 is 0 Å². The molecule has 0 saturated carbocycles. The van der Waals surface area contributed by atoms with Crippen molar-refractivity contribution in [2.75, 3.05) is 7.11 Å². The summed E-state index contributed by atoms with van der Waals surface area (Å²) in [6.07, 6.45) is 2.99. The SMILES string of the molecule is CCCC(OC)c1nc(CC(N)c2ccccc2)cs1. The molecule has 1 heterocycles. The second-order valence-corrected chi connectivity index (χ2v) is 5.80. The van der Waals surface area contributed by atoms with Crippen LogP contribution in [0.5, 0.6) is 0 Å². The van der Waals surface area contributed by atoms with Crippen molar-refractivity contribution in [3.63, 3.8) is 0 Å². The molecular weight excluding hydrogens is 268 g/mol. The van der Waals surface area contributed by atoms with Gasteiger partial charge in [0.1, 0.15) is 11.1 Å². The van der Waals surface area contributed by atoms with Crippen LogP contribution in [0.4, 0.5) is 0 Å². The summed E-state index contributed by atoms with van der Waals surface area (Å²) < 4.78 is 5.50. The molecular formula is C16H22N2OS. The molecule has 1 aromatic heterocycles. The third-order valence-electron chi connectivity index (χ3n) is 3.34. The van der Waals surface area contributed by atoms with E-state index in [1.807, 2.05) is 18.2 Å². The summed E-state index contributed by atoms with van der Waals surface area (Å²) in [6.45, 7) is 2.16. The summed E-state index contributed by atoms with van der Waals surface area (Å²) in [5.41, 5.74) is 8.44. The van der Waals surface area contributed by atoms with E-state index < -0.39 is 0 Å². The maximum atomic E-state index is 6.24. The van der Waals surface area contributed by atoms with E-state index in [2.05, 4.69) is 29.4 Å². The van der Waals surface area contributed by atoms with Crippen LogP contribution >= 0.6 is 11.3 Å². The van der Waals surface area contributed by atoms with Crippen molar-refractivity contribution in [1.29, 1.82) is 0 Å². The van der Waals surface area contributed by atoms with Gasteiger partial charge in [0.2, 0.25) is 0 Å². The first-order valence-electron chi connectivity index (χ1n) is 7.02. The highest BCUT2D eigenvalue weighted by atomic mass is 32.1. The molecule has 108 valence electrons. The average molecular weight is 290 g/mol. The number of thiazole rings is 1. The van der Waals surface area contributed by atoms with Gasteiger partial charge >= 0.3 is 0 Å². The smallest absolute Gasteiger partial charge is 0.122 e. The lowest BCUT2D eigenvalue weighted by atomic mass is 10.0. The molecule has 3 nitrogen and oxygen atoms in total. The van der Waals surface area contributed by atoms with Crippen LogP contribution < -0.4 is 5.73 Å². The fourth-order valence-electron chi connectivity index (χ4n) is 2.21. The molecule has 2 aromatic rings. The number of methoxy groups -OCH3 is 1. The third-order valence-corrected chi connectivity index (χ3v) is 4.32. The van der Waals surface area contributed by atoms with Gasteiger partial charge in [0.15, 0.2) is 0 Å². The van der Waals surface area contributed by atoms with Crippen molar-refractivity contribution in [3.8, 4) is 0 Å². The molecule has 0 radical (unpaired) electrons. The van der Waals surface area contributed by atoms with Gasteiger partial charge in [-0.25, -0.2) is 4.98 Å². The van der Waals surface area contributed by atoms with E-state index in [1.165, 1.54) is 0 Å². The lowest BCUT2D eigenvalue weighted by Crippen LogP contribution is -2.13. The molecule has 0 spiro atoms. The number of aromatic nitrogens is 1. The molecule has 0 aliphatic rings. The van der Waals surface area contributed by atoms with E-state index in [0.717, 1.165) is 35.5 Å². The Kier molecular flexibility index (Phi) is 5.71. The standard InChI is InChI=1S/C16H22N2OS/c1-3-7-15(19-2)16-18-13(11-20-16)10-14(17)12-8-5-4-6-9-12/h4-6,8-9,11,14-15H,3,7,10,17H2,1-2H3. The lowest BCUT2D eigenvalue weighted by Gasteiger charge is -2.11. The first kappa shape index (κ1) is 15.2. The van der Waals surface area contributed by atoms with Crippen LogP contribution in [-0.4, -0.2) is 12.1 Å². The molecule has 2 N–H and O–H groups in total.